The van der Waals surface area contributed by atoms with E-state index in [9.17, 15) is 5.26 Å². The van der Waals surface area contributed by atoms with E-state index in [1.165, 1.54) is 32.1 Å². The van der Waals surface area contributed by atoms with Crippen LogP contribution in [-0.2, 0) is 32.1 Å². The summed E-state index contributed by atoms with van der Waals surface area (Å²) in [5.41, 5.74) is 9.39. The number of nitrogens with one attached hydrogen (secondary N) is 1. The molecule has 0 bridgehead atoms. The van der Waals surface area contributed by atoms with Gasteiger partial charge in [-0.05, 0) is 97.1 Å². The van der Waals surface area contributed by atoms with Crippen molar-refractivity contribution in [3.63, 3.8) is 0 Å². The van der Waals surface area contributed by atoms with Gasteiger partial charge in [0.25, 0.3) is 0 Å². The molecule has 1 aliphatic heterocycles. The van der Waals surface area contributed by atoms with E-state index in [1.807, 2.05) is 0 Å². The molecule has 0 spiro atoms. The average Bonchev–Trinajstić information content (AvgIpc) is 2.98. The van der Waals surface area contributed by atoms with Crippen LogP contribution in [0.3, 0.4) is 0 Å². The molecule has 3 nitrogen and oxygen atoms in total. The summed E-state index contributed by atoms with van der Waals surface area (Å²) in [6.07, 6.45) is 8.49. The molecule has 1 heterocycles. The number of nitrogens with zero attached hydrogens (tertiary/aromatic N) is 2. The number of likely N-dealkylation sites (tertiary alicyclic amines) is 1. The van der Waals surface area contributed by atoms with Crippen molar-refractivity contribution in [2.45, 2.75) is 70.9 Å². The van der Waals surface area contributed by atoms with E-state index in [4.69, 9.17) is 0 Å². The zero-order chi connectivity index (χ0) is 19.4. The number of piperidine rings is 1. The van der Waals surface area contributed by atoms with Crippen molar-refractivity contribution < 1.29 is 0 Å². The van der Waals surface area contributed by atoms with Gasteiger partial charge in [-0.3, -0.25) is 0 Å². The third-order valence-corrected chi connectivity index (χ3v) is 7.59. The van der Waals surface area contributed by atoms with Gasteiger partial charge in [0.2, 0.25) is 0 Å². The van der Waals surface area contributed by atoms with Gasteiger partial charge in [0.1, 0.15) is 6.04 Å². The maximum atomic E-state index is 9.41. The summed E-state index contributed by atoms with van der Waals surface area (Å²) in [7, 11) is 0. The highest BCUT2D eigenvalue weighted by molar-refractivity contribution is 5.51. The van der Waals surface area contributed by atoms with Gasteiger partial charge in [0.05, 0.1) is 6.07 Å². The molecule has 3 heteroatoms. The highest BCUT2D eigenvalue weighted by Crippen LogP contribution is 2.49. The second kappa shape index (κ2) is 6.92. The van der Waals surface area contributed by atoms with E-state index in [2.05, 4.69) is 42.8 Å². The lowest BCUT2D eigenvalue weighted by molar-refractivity contribution is 0.317. The second-order valence-corrected chi connectivity index (χ2v) is 10.0. The molecule has 2 fully saturated rings. The standard InChI is InChI=1S/C25H33N3/c1-15-6-18-10-19-7-16(2)9-24(19)22(23(18)8-15)4-5-27-14-17(3)28-21(13-26)11-20-12-25(20)28/h10,15-16,20-21,25,27H,3-9,11-12,14H2,1-2H3/t15?,16?,20-,21?,25+/m1/s1. The van der Waals surface area contributed by atoms with E-state index < -0.39 is 0 Å². The smallest absolute Gasteiger partial charge is 0.117 e. The van der Waals surface area contributed by atoms with Crippen molar-refractivity contribution in [2.24, 2.45) is 17.8 Å². The van der Waals surface area contributed by atoms with E-state index in [-0.39, 0.29) is 6.04 Å². The van der Waals surface area contributed by atoms with Gasteiger partial charge in [-0.25, -0.2) is 0 Å². The zero-order valence-electron chi connectivity index (χ0n) is 17.4. The van der Waals surface area contributed by atoms with Crippen LogP contribution < -0.4 is 5.32 Å². The van der Waals surface area contributed by atoms with Crippen molar-refractivity contribution in [2.75, 3.05) is 13.1 Å². The molecular weight excluding hydrogens is 342 g/mol. The summed E-state index contributed by atoms with van der Waals surface area (Å²) in [6, 6.07) is 5.67. The Balaban J connectivity index is 1.23. The van der Waals surface area contributed by atoms with Crippen LogP contribution in [0.2, 0.25) is 0 Å². The predicted molar refractivity (Wildman–Crippen MR) is 113 cm³/mol. The number of rotatable bonds is 6. The van der Waals surface area contributed by atoms with Crippen molar-refractivity contribution in [1.29, 1.82) is 5.26 Å². The van der Waals surface area contributed by atoms with Crippen LogP contribution in [0.4, 0.5) is 0 Å². The lowest BCUT2D eigenvalue weighted by Gasteiger charge is -2.27. The largest absolute Gasteiger partial charge is 0.355 e. The Bertz CT molecular complexity index is 812. The van der Waals surface area contributed by atoms with Crippen LogP contribution in [0.25, 0.3) is 0 Å². The first-order chi connectivity index (χ1) is 13.5. The van der Waals surface area contributed by atoms with Crippen molar-refractivity contribution >= 4 is 0 Å². The minimum atomic E-state index is 0.0571. The summed E-state index contributed by atoms with van der Waals surface area (Å²) >= 11 is 0. The van der Waals surface area contributed by atoms with Gasteiger partial charge in [0.15, 0.2) is 0 Å². The molecule has 0 amide bonds. The predicted octanol–water partition coefficient (Wildman–Crippen LogP) is 3.79. The summed E-state index contributed by atoms with van der Waals surface area (Å²) < 4.78 is 0. The van der Waals surface area contributed by atoms with E-state index >= 15 is 0 Å². The molecule has 5 atom stereocenters. The lowest BCUT2D eigenvalue weighted by Crippen LogP contribution is -2.35. The number of hydrogen-bond acceptors (Lipinski definition) is 3. The Morgan fingerprint density at radius 1 is 1.14 bits per heavy atom. The fourth-order valence-corrected chi connectivity index (χ4v) is 6.29. The number of fused-ring (bicyclic) bond motifs is 3. The Labute approximate surface area is 169 Å². The molecule has 1 saturated heterocycles. The van der Waals surface area contributed by atoms with Crippen molar-refractivity contribution in [3.8, 4) is 6.07 Å². The van der Waals surface area contributed by atoms with Gasteiger partial charge in [-0.15, -0.1) is 0 Å². The van der Waals surface area contributed by atoms with E-state index in [1.54, 1.807) is 27.8 Å². The molecule has 1 aromatic carbocycles. The number of hydrogen-bond donors (Lipinski definition) is 1. The molecule has 1 saturated carbocycles. The molecular formula is C25H33N3. The Morgan fingerprint density at radius 3 is 2.46 bits per heavy atom. The van der Waals surface area contributed by atoms with Crippen LogP contribution >= 0.6 is 0 Å². The van der Waals surface area contributed by atoms with E-state index in [0.29, 0.717) is 6.04 Å². The van der Waals surface area contributed by atoms with Gasteiger partial charge in [-0.1, -0.05) is 26.5 Å². The normalized spacial score (nSPS) is 32.0. The van der Waals surface area contributed by atoms with Crippen LogP contribution in [0.15, 0.2) is 18.3 Å². The topological polar surface area (TPSA) is 39.1 Å². The van der Waals surface area contributed by atoms with Crippen LogP contribution in [0.1, 0.15) is 54.5 Å². The van der Waals surface area contributed by atoms with E-state index in [0.717, 1.165) is 49.4 Å². The van der Waals surface area contributed by atoms with Crippen LogP contribution in [0.5, 0.6) is 0 Å². The number of nitriles is 1. The molecule has 0 radical (unpaired) electrons. The average molecular weight is 376 g/mol. The van der Waals surface area contributed by atoms with Crippen molar-refractivity contribution in [1.82, 2.24) is 10.2 Å². The van der Waals surface area contributed by atoms with Gasteiger partial charge in [0, 0.05) is 18.3 Å². The maximum Gasteiger partial charge on any atom is 0.117 e. The Hall–Kier alpha value is -1.79. The van der Waals surface area contributed by atoms with Crippen LogP contribution in [-0.4, -0.2) is 30.1 Å². The fraction of sp³-hybridized carbons (Fsp3) is 0.640. The summed E-state index contributed by atoms with van der Waals surface area (Å²) in [5.74, 6) is 2.34. The molecule has 0 aromatic heterocycles. The van der Waals surface area contributed by atoms with Gasteiger partial charge in [-0.2, -0.15) is 5.26 Å². The fourth-order valence-electron chi connectivity index (χ4n) is 6.29. The van der Waals surface area contributed by atoms with Gasteiger partial charge < -0.3 is 10.2 Å². The monoisotopic (exact) mass is 375 g/mol. The van der Waals surface area contributed by atoms with Crippen molar-refractivity contribution in [3.05, 3.63) is 46.2 Å². The molecule has 3 unspecified atom stereocenters. The minimum absolute atomic E-state index is 0.0571. The number of benzene rings is 1. The first kappa shape index (κ1) is 18.3. The Morgan fingerprint density at radius 2 is 1.82 bits per heavy atom. The summed E-state index contributed by atoms with van der Waals surface area (Å²) in [4.78, 5) is 2.30. The second-order valence-electron chi connectivity index (χ2n) is 10.0. The molecule has 4 aliphatic rings. The third kappa shape index (κ3) is 3.07. The molecule has 1 N–H and O–H groups in total. The van der Waals surface area contributed by atoms with Crippen LogP contribution in [0, 0.1) is 29.1 Å². The molecule has 5 rings (SSSR count). The molecule has 1 aromatic rings. The highest BCUT2D eigenvalue weighted by Gasteiger charge is 2.52. The van der Waals surface area contributed by atoms with Gasteiger partial charge >= 0.3 is 0 Å². The first-order valence-electron chi connectivity index (χ1n) is 11.3. The summed E-state index contributed by atoms with van der Waals surface area (Å²) in [6.45, 7) is 10.9. The Kier molecular flexibility index (Phi) is 4.51. The molecule has 28 heavy (non-hydrogen) atoms. The minimum Gasteiger partial charge on any atom is -0.355 e. The lowest BCUT2D eigenvalue weighted by atomic mass is 9.92. The highest BCUT2D eigenvalue weighted by atomic mass is 15.3. The SMILES string of the molecule is C=C(CNCCc1c2c(cc3c1CC(C)C3)CC(C)C2)N1C(C#N)C[C@@H]2C[C@@H]21. The third-order valence-electron chi connectivity index (χ3n) is 7.59. The molecule has 148 valence electrons. The molecule has 3 aliphatic carbocycles. The maximum absolute atomic E-state index is 9.41. The summed E-state index contributed by atoms with van der Waals surface area (Å²) in [5, 5.41) is 13.1. The quantitative estimate of drug-likeness (QED) is 0.769. The zero-order valence-corrected chi connectivity index (χ0v) is 17.4. The first-order valence-corrected chi connectivity index (χ1v) is 11.3.